The topological polar surface area (TPSA) is 98.5 Å². The number of rotatable bonds is 5. The number of anilines is 2. The molecule has 3 heterocycles. The summed E-state index contributed by atoms with van der Waals surface area (Å²) in [6.45, 7) is 7.61. The summed E-state index contributed by atoms with van der Waals surface area (Å²) in [5, 5.41) is 18.8. The quantitative estimate of drug-likeness (QED) is 0.815. The van der Waals surface area contributed by atoms with E-state index >= 15 is 0 Å². The molecule has 1 fully saturated rings. The summed E-state index contributed by atoms with van der Waals surface area (Å²) in [6.07, 6.45) is 3.22. The van der Waals surface area contributed by atoms with Crippen molar-refractivity contribution in [3.05, 3.63) is 36.2 Å². The minimum absolute atomic E-state index is 0.0433. The van der Waals surface area contributed by atoms with Gasteiger partial charge in [-0.2, -0.15) is 0 Å². The lowest BCUT2D eigenvalue weighted by Crippen LogP contribution is -2.57. The number of aliphatic hydroxyl groups is 2. The summed E-state index contributed by atoms with van der Waals surface area (Å²) < 4.78 is 0. The van der Waals surface area contributed by atoms with Gasteiger partial charge in [0.2, 0.25) is 0 Å². The maximum absolute atomic E-state index is 9.73. The Labute approximate surface area is 153 Å². The number of hydrogen-bond acceptors (Lipinski definition) is 8. The van der Waals surface area contributed by atoms with E-state index < -0.39 is 6.10 Å². The van der Waals surface area contributed by atoms with Crippen LogP contribution < -0.4 is 9.80 Å². The van der Waals surface area contributed by atoms with E-state index in [-0.39, 0.29) is 18.7 Å². The summed E-state index contributed by atoms with van der Waals surface area (Å²) in [4.78, 5) is 21.9. The summed E-state index contributed by atoms with van der Waals surface area (Å²) in [6, 6.07) is 4.24. The van der Waals surface area contributed by atoms with E-state index in [1.54, 1.807) is 19.3 Å². The molecule has 0 amide bonds. The van der Waals surface area contributed by atoms with E-state index in [0.29, 0.717) is 18.1 Å². The molecule has 1 aliphatic heterocycles. The van der Waals surface area contributed by atoms with Gasteiger partial charge in [-0.3, -0.25) is 0 Å². The minimum Gasteiger partial charge on any atom is -0.396 e. The summed E-state index contributed by atoms with van der Waals surface area (Å²) >= 11 is 0. The Morgan fingerprint density at radius 1 is 1.08 bits per heavy atom. The minimum atomic E-state index is -0.683. The average molecular weight is 358 g/mol. The van der Waals surface area contributed by atoms with Crippen molar-refractivity contribution in [2.75, 3.05) is 29.5 Å². The second-order valence-corrected chi connectivity index (χ2v) is 6.76. The molecule has 2 aromatic heterocycles. The van der Waals surface area contributed by atoms with Crippen LogP contribution in [0.25, 0.3) is 0 Å². The van der Waals surface area contributed by atoms with Gasteiger partial charge in [-0.05, 0) is 32.9 Å². The molecule has 26 heavy (non-hydrogen) atoms. The Balaban J connectivity index is 1.79. The molecule has 2 aromatic rings. The second-order valence-electron chi connectivity index (χ2n) is 6.76. The number of aromatic nitrogens is 4. The monoisotopic (exact) mass is 358 g/mol. The Bertz CT molecular complexity index is 729. The normalized spacial score (nSPS) is 21.7. The van der Waals surface area contributed by atoms with Gasteiger partial charge in [0.05, 0.1) is 6.61 Å². The van der Waals surface area contributed by atoms with E-state index in [2.05, 4.69) is 43.6 Å². The highest BCUT2D eigenvalue weighted by Gasteiger charge is 2.31. The fourth-order valence-corrected chi connectivity index (χ4v) is 3.46. The van der Waals surface area contributed by atoms with Crippen molar-refractivity contribution < 1.29 is 10.2 Å². The van der Waals surface area contributed by atoms with E-state index in [1.165, 1.54) is 0 Å². The van der Waals surface area contributed by atoms with Gasteiger partial charge in [-0.15, -0.1) is 0 Å². The molecule has 1 aliphatic rings. The van der Waals surface area contributed by atoms with Gasteiger partial charge >= 0.3 is 0 Å². The van der Waals surface area contributed by atoms with Gasteiger partial charge in [0.25, 0.3) is 0 Å². The molecule has 0 aromatic carbocycles. The molecule has 2 N–H and O–H groups in total. The Hall–Kier alpha value is -2.32. The lowest BCUT2D eigenvalue weighted by molar-refractivity contribution is 0.189. The lowest BCUT2D eigenvalue weighted by Gasteiger charge is -2.45. The highest BCUT2D eigenvalue weighted by molar-refractivity contribution is 5.47. The van der Waals surface area contributed by atoms with Gasteiger partial charge in [-0.25, -0.2) is 19.9 Å². The Morgan fingerprint density at radius 2 is 1.73 bits per heavy atom. The molecule has 140 valence electrons. The van der Waals surface area contributed by atoms with Crippen molar-refractivity contribution in [3.8, 4) is 0 Å². The van der Waals surface area contributed by atoms with Crippen LogP contribution in [-0.2, 0) is 6.42 Å². The molecule has 3 atom stereocenters. The summed E-state index contributed by atoms with van der Waals surface area (Å²) in [5.74, 6) is 2.81. The van der Waals surface area contributed by atoms with Crippen molar-refractivity contribution >= 4 is 11.6 Å². The number of hydrogen-bond donors (Lipinski definition) is 2. The molecule has 0 aliphatic carbocycles. The summed E-state index contributed by atoms with van der Waals surface area (Å²) in [7, 11) is 0. The largest absolute Gasteiger partial charge is 0.396 e. The third kappa shape index (κ3) is 3.91. The number of piperazine rings is 1. The molecule has 1 saturated heterocycles. The first-order chi connectivity index (χ1) is 12.5. The third-order valence-electron chi connectivity index (χ3n) is 4.57. The molecule has 8 heteroatoms. The first kappa shape index (κ1) is 18.5. The fourth-order valence-electron chi connectivity index (χ4n) is 3.46. The van der Waals surface area contributed by atoms with Crippen molar-refractivity contribution in [1.82, 2.24) is 19.9 Å². The third-order valence-corrected chi connectivity index (χ3v) is 4.57. The number of aliphatic hydroxyl groups excluding tert-OH is 2. The highest BCUT2D eigenvalue weighted by atomic mass is 16.3. The lowest BCUT2D eigenvalue weighted by atomic mass is 10.1. The van der Waals surface area contributed by atoms with Crippen LogP contribution in [0.15, 0.2) is 24.5 Å². The van der Waals surface area contributed by atoms with E-state index in [9.17, 15) is 5.11 Å². The smallest absolute Gasteiger partial charge is 0.158 e. The zero-order valence-electron chi connectivity index (χ0n) is 15.4. The summed E-state index contributed by atoms with van der Waals surface area (Å²) in [5.41, 5.74) is 0. The van der Waals surface area contributed by atoms with Crippen LogP contribution in [0, 0.1) is 0 Å². The standard InChI is InChI=1S/C18H26N6O2/c1-12-10-23(16-4-8-20-18(22-16)14(3)26)11-13(2)24(12)17-5-7-19-15(21-17)6-9-25/h4-5,7-8,12-14,25-26H,6,9-11H2,1-3H3/t12-,13+,14-/m1/s1. The molecule has 0 saturated carbocycles. The predicted molar refractivity (Wildman–Crippen MR) is 99.1 cm³/mol. The zero-order chi connectivity index (χ0) is 18.7. The first-order valence-corrected chi connectivity index (χ1v) is 8.96. The molecular weight excluding hydrogens is 332 g/mol. The predicted octanol–water partition coefficient (Wildman–Crippen LogP) is 0.958. The van der Waals surface area contributed by atoms with Gasteiger partial charge in [0.1, 0.15) is 23.6 Å². The molecule has 0 bridgehead atoms. The second kappa shape index (κ2) is 7.92. The van der Waals surface area contributed by atoms with Crippen LogP contribution in [-0.4, -0.2) is 61.9 Å². The molecule has 8 nitrogen and oxygen atoms in total. The molecular formula is C18H26N6O2. The van der Waals surface area contributed by atoms with Crippen LogP contribution in [0.5, 0.6) is 0 Å². The first-order valence-electron chi connectivity index (χ1n) is 8.96. The maximum Gasteiger partial charge on any atom is 0.158 e. The zero-order valence-corrected chi connectivity index (χ0v) is 15.4. The maximum atomic E-state index is 9.73. The molecule has 3 rings (SSSR count). The van der Waals surface area contributed by atoms with Gasteiger partial charge < -0.3 is 20.0 Å². The van der Waals surface area contributed by atoms with Crippen molar-refractivity contribution in [2.24, 2.45) is 0 Å². The molecule has 0 unspecified atom stereocenters. The van der Waals surface area contributed by atoms with Gasteiger partial charge in [0.15, 0.2) is 5.82 Å². The molecule has 0 radical (unpaired) electrons. The van der Waals surface area contributed by atoms with Crippen molar-refractivity contribution in [2.45, 2.75) is 45.4 Å². The van der Waals surface area contributed by atoms with Crippen LogP contribution >= 0.6 is 0 Å². The van der Waals surface area contributed by atoms with Gasteiger partial charge in [0, 0.05) is 44.0 Å². The van der Waals surface area contributed by atoms with Crippen LogP contribution in [0.3, 0.4) is 0 Å². The van der Waals surface area contributed by atoms with Crippen molar-refractivity contribution in [3.63, 3.8) is 0 Å². The Morgan fingerprint density at radius 3 is 2.38 bits per heavy atom. The van der Waals surface area contributed by atoms with Crippen LogP contribution in [0.4, 0.5) is 11.6 Å². The fraction of sp³-hybridized carbons (Fsp3) is 0.556. The van der Waals surface area contributed by atoms with Crippen LogP contribution in [0.2, 0.25) is 0 Å². The van der Waals surface area contributed by atoms with Crippen molar-refractivity contribution in [1.29, 1.82) is 0 Å². The van der Waals surface area contributed by atoms with E-state index in [4.69, 9.17) is 5.11 Å². The van der Waals surface area contributed by atoms with Gasteiger partial charge in [-0.1, -0.05) is 0 Å². The Kier molecular flexibility index (Phi) is 5.63. The molecule has 0 spiro atoms. The SMILES string of the molecule is C[C@@H]1CN(c2ccnc([C@@H](C)O)n2)C[C@H](C)N1c1ccnc(CCO)n1. The van der Waals surface area contributed by atoms with E-state index in [0.717, 1.165) is 24.7 Å². The number of nitrogens with zero attached hydrogens (tertiary/aromatic N) is 6. The average Bonchev–Trinajstić information content (AvgIpc) is 2.62. The highest BCUT2D eigenvalue weighted by Crippen LogP contribution is 2.25. The van der Waals surface area contributed by atoms with E-state index in [1.807, 2.05) is 12.1 Å². The van der Waals surface area contributed by atoms with Crippen LogP contribution in [0.1, 0.15) is 38.5 Å².